The fourth-order valence-electron chi connectivity index (χ4n) is 4.42. The molecule has 1 aliphatic heterocycles. The Morgan fingerprint density at radius 2 is 2.00 bits per heavy atom. The van der Waals surface area contributed by atoms with E-state index in [0.717, 1.165) is 0 Å². The molecule has 1 aliphatic carbocycles. The molecule has 2 aromatic rings. The number of nitrogens with one attached hydrogen (secondary N) is 1. The lowest BCUT2D eigenvalue weighted by Crippen LogP contribution is -2.33. The van der Waals surface area contributed by atoms with Crippen molar-refractivity contribution in [2.24, 2.45) is 11.1 Å². The van der Waals surface area contributed by atoms with E-state index in [1.807, 2.05) is 13.8 Å². The lowest BCUT2D eigenvalue weighted by Gasteiger charge is -2.37. The van der Waals surface area contributed by atoms with Gasteiger partial charge in [0.2, 0.25) is 5.88 Å². The summed E-state index contributed by atoms with van der Waals surface area (Å²) in [4.78, 5) is 35.6. The average molecular weight is 489 g/mol. The number of nitro benzene ring substituents is 1. The Kier molecular flexibility index (Phi) is 6.49. The maximum atomic E-state index is 13.0. The summed E-state index contributed by atoms with van der Waals surface area (Å²) >= 11 is 0. The molecule has 1 atom stereocenters. The minimum atomic E-state index is -0.645. The number of hydrogen-bond acceptors (Lipinski definition) is 8. The van der Waals surface area contributed by atoms with Crippen LogP contribution in [0, 0.1) is 26.9 Å². The molecule has 4 rings (SSSR count). The van der Waals surface area contributed by atoms with Crippen LogP contribution in [0.15, 0.2) is 71.3 Å². The monoisotopic (exact) mass is 488 g/mol. The van der Waals surface area contributed by atoms with Gasteiger partial charge in [-0.15, -0.1) is 0 Å². The summed E-state index contributed by atoms with van der Waals surface area (Å²) in [5.74, 6) is -0.337. The van der Waals surface area contributed by atoms with E-state index >= 15 is 0 Å². The first-order chi connectivity index (χ1) is 17.1. The Morgan fingerprint density at radius 3 is 2.67 bits per heavy atom. The Hall–Kier alpha value is -4.65. The van der Waals surface area contributed by atoms with E-state index in [2.05, 4.69) is 11.4 Å². The largest absolute Gasteiger partial charge is 0.484 e. The van der Waals surface area contributed by atoms with Crippen molar-refractivity contribution in [1.29, 1.82) is 5.26 Å². The average Bonchev–Trinajstić information content (AvgIpc) is 2.81. The van der Waals surface area contributed by atoms with Crippen molar-refractivity contribution in [3.63, 3.8) is 0 Å². The normalized spacial score (nSPS) is 18.6. The maximum absolute atomic E-state index is 13.0. The zero-order chi connectivity index (χ0) is 26.0. The molecule has 0 bridgehead atoms. The standard InChI is InChI=1S/C26H24N4O6/c1-26(2)11-20(31)24-21(12-26)36-25(28)19(13-27)23(24)15-6-8-18(9-7-15)35-14-22(32)29-16-4-3-5-17(10-16)30(33)34/h3-10,23H,11-12,14,28H2,1-2H3,(H,29,32)/t23-/m0/s1. The predicted molar refractivity (Wildman–Crippen MR) is 129 cm³/mol. The summed E-state index contributed by atoms with van der Waals surface area (Å²) < 4.78 is 11.2. The second kappa shape index (κ2) is 9.54. The number of nitrogens with zero attached hydrogens (tertiary/aromatic N) is 2. The van der Waals surface area contributed by atoms with Crippen molar-refractivity contribution in [1.82, 2.24) is 0 Å². The van der Waals surface area contributed by atoms with Crippen LogP contribution in [0.25, 0.3) is 0 Å². The van der Waals surface area contributed by atoms with Crippen molar-refractivity contribution in [2.75, 3.05) is 11.9 Å². The van der Waals surface area contributed by atoms with E-state index in [1.54, 1.807) is 24.3 Å². The van der Waals surface area contributed by atoms with E-state index in [-0.39, 0.29) is 40.6 Å². The number of nitro groups is 1. The lowest BCUT2D eigenvalue weighted by atomic mass is 9.70. The van der Waals surface area contributed by atoms with Crippen LogP contribution in [0.2, 0.25) is 0 Å². The third kappa shape index (κ3) is 5.05. The van der Waals surface area contributed by atoms with Crippen molar-refractivity contribution in [3.8, 4) is 11.8 Å². The Labute approximate surface area is 207 Å². The minimum Gasteiger partial charge on any atom is -0.484 e. The summed E-state index contributed by atoms with van der Waals surface area (Å²) in [6.45, 7) is 3.64. The van der Waals surface area contributed by atoms with Gasteiger partial charge in [0, 0.05) is 36.2 Å². The molecule has 0 radical (unpaired) electrons. The van der Waals surface area contributed by atoms with Gasteiger partial charge < -0.3 is 20.5 Å². The first-order valence-corrected chi connectivity index (χ1v) is 11.2. The van der Waals surface area contributed by atoms with E-state index in [1.165, 1.54) is 24.3 Å². The van der Waals surface area contributed by atoms with Crippen LogP contribution in [-0.4, -0.2) is 23.2 Å². The van der Waals surface area contributed by atoms with E-state index in [9.17, 15) is 25.0 Å². The number of carbonyl (C=O) groups is 2. The number of ketones is 1. The molecule has 3 N–H and O–H groups in total. The van der Waals surface area contributed by atoms with Gasteiger partial charge in [0.05, 0.1) is 10.8 Å². The van der Waals surface area contributed by atoms with Crippen LogP contribution < -0.4 is 15.8 Å². The predicted octanol–water partition coefficient (Wildman–Crippen LogP) is 4.06. The molecule has 0 saturated heterocycles. The number of rotatable bonds is 6. The molecular weight excluding hydrogens is 464 g/mol. The fraction of sp³-hybridized carbons (Fsp3) is 0.269. The number of allylic oxidation sites excluding steroid dienone is 3. The number of benzene rings is 2. The molecular formula is C26H24N4O6. The number of ether oxygens (including phenoxy) is 2. The topological polar surface area (TPSA) is 158 Å². The minimum absolute atomic E-state index is 0.00936. The highest BCUT2D eigenvalue weighted by Crippen LogP contribution is 2.47. The third-order valence-electron chi connectivity index (χ3n) is 6.00. The molecule has 0 unspecified atom stereocenters. The van der Waals surface area contributed by atoms with Gasteiger partial charge in [0.25, 0.3) is 11.6 Å². The SMILES string of the molecule is CC1(C)CC(=O)C2=C(C1)OC(N)=C(C#N)[C@@H]2c1ccc(OCC(=O)Nc2cccc([N+](=O)[O-])c2)cc1. The smallest absolute Gasteiger partial charge is 0.271 e. The molecule has 0 spiro atoms. The van der Waals surface area contributed by atoms with Gasteiger partial charge in [-0.25, -0.2) is 0 Å². The molecule has 1 amide bonds. The number of Topliss-reactive ketones (excluding diaryl/α,β-unsaturated/α-hetero) is 1. The summed E-state index contributed by atoms with van der Waals surface area (Å²) in [6, 6.07) is 14.4. The van der Waals surface area contributed by atoms with Crippen LogP contribution >= 0.6 is 0 Å². The molecule has 1 heterocycles. The molecule has 10 nitrogen and oxygen atoms in total. The fourth-order valence-corrected chi connectivity index (χ4v) is 4.42. The van der Waals surface area contributed by atoms with Gasteiger partial charge in [-0.05, 0) is 29.2 Å². The van der Waals surface area contributed by atoms with Crippen LogP contribution in [-0.2, 0) is 14.3 Å². The van der Waals surface area contributed by atoms with Crippen molar-refractivity contribution >= 4 is 23.1 Å². The van der Waals surface area contributed by atoms with E-state index in [4.69, 9.17) is 15.2 Å². The molecule has 0 fully saturated rings. The Morgan fingerprint density at radius 1 is 1.28 bits per heavy atom. The zero-order valence-electron chi connectivity index (χ0n) is 19.7. The van der Waals surface area contributed by atoms with Crippen LogP contribution in [0.5, 0.6) is 5.75 Å². The highest BCUT2D eigenvalue weighted by Gasteiger charge is 2.42. The molecule has 10 heteroatoms. The number of amides is 1. The highest BCUT2D eigenvalue weighted by atomic mass is 16.6. The summed E-state index contributed by atoms with van der Waals surface area (Å²) in [7, 11) is 0. The highest BCUT2D eigenvalue weighted by molar-refractivity contribution is 6.00. The van der Waals surface area contributed by atoms with Crippen molar-refractivity contribution in [3.05, 3.63) is 87.0 Å². The number of hydrogen-bond donors (Lipinski definition) is 2. The van der Waals surface area contributed by atoms with Gasteiger partial charge in [0.15, 0.2) is 12.4 Å². The quantitative estimate of drug-likeness (QED) is 0.455. The number of anilines is 1. The molecule has 2 aromatic carbocycles. The molecule has 184 valence electrons. The molecule has 0 saturated carbocycles. The summed E-state index contributed by atoms with van der Waals surface area (Å²) in [5, 5.41) is 23.2. The second-order valence-corrected chi connectivity index (χ2v) is 9.42. The third-order valence-corrected chi connectivity index (χ3v) is 6.00. The number of carbonyl (C=O) groups excluding carboxylic acids is 2. The van der Waals surface area contributed by atoms with Crippen molar-refractivity contribution < 1.29 is 24.0 Å². The zero-order valence-corrected chi connectivity index (χ0v) is 19.7. The number of nitrogens with two attached hydrogens (primary N) is 1. The van der Waals surface area contributed by atoms with E-state index < -0.39 is 16.7 Å². The number of non-ortho nitro benzene ring substituents is 1. The van der Waals surface area contributed by atoms with Crippen LogP contribution in [0.4, 0.5) is 11.4 Å². The van der Waals surface area contributed by atoms with Crippen LogP contribution in [0.1, 0.15) is 38.2 Å². The lowest BCUT2D eigenvalue weighted by molar-refractivity contribution is -0.384. The first kappa shape index (κ1) is 24.5. The van der Waals surface area contributed by atoms with Gasteiger partial charge in [0.1, 0.15) is 23.2 Å². The van der Waals surface area contributed by atoms with Gasteiger partial charge in [-0.3, -0.25) is 19.7 Å². The number of nitriles is 1. The molecule has 2 aliphatic rings. The van der Waals surface area contributed by atoms with Gasteiger partial charge in [-0.1, -0.05) is 32.0 Å². The van der Waals surface area contributed by atoms with Crippen molar-refractivity contribution in [2.45, 2.75) is 32.6 Å². The summed E-state index contributed by atoms with van der Waals surface area (Å²) in [5.41, 5.74) is 7.21. The van der Waals surface area contributed by atoms with Gasteiger partial charge in [-0.2, -0.15) is 5.26 Å². The maximum Gasteiger partial charge on any atom is 0.271 e. The first-order valence-electron chi connectivity index (χ1n) is 11.2. The Bertz CT molecular complexity index is 1350. The Balaban J connectivity index is 1.49. The second-order valence-electron chi connectivity index (χ2n) is 9.42. The van der Waals surface area contributed by atoms with E-state index in [0.29, 0.717) is 35.5 Å². The van der Waals surface area contributed by atoms with Gasteiger partial charge >= 0.3 is 0 Å². The molecule has 0 aromatic heterocycles. The summed E-state index contributed by atoms with van der Waals surface area (Å²) in [6.07, 6.45) is 0.871. The van der Waals surface area contributed by atoms with Crippen LogP contribution in [0.3, 0.4) is 0 Å². The molecule has 36 heavy (non-hydrogen) atoms.